The monoisotopic (exact) mass is 653 g/mol. The number of benzene rings is 2. The van der Waals surface area contributed by atoms with Crippen molar-refractivity contribution in [3.8, 4) is 11.3 Å². The van der Waals surface area contributed by atoms with Crippen molar-refractivity contribution in [3.63, 3.8) is 0 Å². The third-order valence-corrected chi connectivity index (χ3v) is 9.34. The van der Waals surface area contributed by atoms with Gasteiger partial charge in [0.15, 0.2) is 5.82 Å². The van der Waals surface area contributed by atoms with Gasteiger partial charge in [0.1, 0.15) is 5.16 Å². The highest BCUT2D eigenvalue weighted by molar-refractivity contribution is 6.31. The zero-order valence-electron chi connectivity index (χ0n) is 24.9. The highest BCUT2D eigenvalue weighted by atomic mass is 35.5. The van der Waals surface area contributed by atoms with Gasteiger partial charge in [0, 0.05) is 25.5 Å². The topological polar surface area (TPSA) is 112 Å². The second kappa shape index (κ2) is 12.8. The Morgan fingerprint density at radius 3 is 2.58 bits per heavy atom. The first-order valence-corrected chi connectivity index (χ1v) is 15.8. The molecule has 0 spiro atoms. The maximum atomic E-state index is 15.5. The van der Waals surface area contributed by atoms with Gasteiger partial charge in [0.2, 0.25) is 11.8 Å². The molecule has 0 radical (unpaired) electrons. The minimum atomic E-state index is -0.722. The van der Waals surface area contributed by atoms with Crippen LogP contribution in [0.2, 0.25) is 5.02 Å². The molecule has 3 aliphatic rings. The number of hydrazine groups is 2. The fraction of sp³-hybridized carbons (Fsp3) is 0.375. The molecule has 0 saturated carbocycles. The van der Waals surface area contributed by atoms with Crippen molar-refractivity contribution in [1.29, 1.82) is 0 Å². The summed E-state index contributed by atoms with van der Waals surface area (Å²) in [6.45, 7) is 4.06. The molecule has 0 aliphatic carbocycles. The Balaban J connectivity index is 1.43. The lowest BCUT2D eigenvalue weighted by Gasteiger charge is -2.42. The fourth-order valence-corrected chi connectivity index (χ4v) is 6.89. The van der Waals surface area contributed by atoms with Gasteiger partial charge in [-0.05, 0) is 48.9 Å². The maximum Gasteiger partial charge on any atom is 0.254 e. The summed E-state index contributed by atoms with van der Waals surface area (Å²) in [5, 5.41) is 4.88. The number of aromatic nitrogens is 2. The van der Waals surface area contributed by atoms with Crippen LogP contribution in [0.4, 0.5) is 10.1 Å². The summed E-state index contributed by atoms with van der Waals surface area (Å²) in [5.74, 6) is -1.05. The lowest BCUT2D eigenvalue weighted by atomic mass is 9.86. The third kappa shape index (κ3) is 6.16. The molecule has 1 saturated heterocycles. The average molecular weight is 655 g/mol. The number of anilines is 1. The number of likely N-dealkylation sites (tertiary alicyclic amines) is 1. The lowest BCUT2D eigenvalue weighted by molar-refractivity contribution is -0.135. The maximum absolute atomic E-state index is 15.5. The van der Waals surface area contributed by atoms with Crippen LogP contribution in [0.15, 0.2) is 64.9 Å². The number of halogens is 3. The van der Waals surface area contributed by atoms with Crippen LogP contribution in [0.1, 0.15) is 69.2 Å². The standard InChI is InChI=1S/C32H34Cl2FN7O3/c1-18-6-3-10-25(20-7-4-8-21(14-20)31-23(37-32(18)45)9-5-13-40(31)19(2)43)41-17-36-24(15-28(41)44)29-26(12-11-22(33)30(29)35)42-16-27(34)38-39-42/h4,7-8,11-12,14-18,23,25,31,38-39H,3,5-6,9-10,13H2,1-2H3,(H,37,45)/t18-,23?,25+,31?/m1/s1. The summed E-state index contributed by atoms with van der Waals surface area (Å²) >= 11 is 12.2. The lowest BCUT2D eigenvalue weighted by Crippen LogP contribution is -2.52. The Kier molecular flexibility index (Phi) is 8.85. The van der Waals surface area contributed by atoms with Crippen molar-refractivity contribution in [2.75, 3.05) is 11.6 Å². The highest BCUT2D eigenvalue weighted by Gasteiger charge is 2.36. The van der Waals surface area contributed by atoms with E-state index < -0.39 is 11.9 Å². The van der Waals surface area contributed by atoms with Crippen LogP contribution in [0.25, 0.3) is 11.3 Å². The summed E-state index contributed by atoms with van der Waals surface area (Å²) in [7, 11) is 0. The number of nitrogens with zero attached hydrogens (tertiary/aromatic N) is 4. The van der Waals surface area contributed by atoms with Crippen molar-refractivity contribution >= 4 is 40.7 Å². The highest BCUT2D eigenvalue weighted by Crippen LogP contribution is 2.37. The molecule has 45 heavy (non-hydrogen) atoms. The number of hydrogen-bond acceptors (Lipinski definition) is 7. The van der Waals surface area contributed by atoms with E-state index in [2.05, 4.69) is 21.3 Å². The summed E-state index contributed by atoms with van der Waals surface area (Å²) in [4.78, 5) is 46.1. The van der Waals surface area contributed by atoms with Crippen molar-refractivity contribution in [3.05, 3.63) is 92.5 Å². The van der Waals surface area contributed by atoms with Gasteiger partial charge in [-0.25, -0.2) is 9.37 Å². The van der Waals surface area contributed by atoms with E-state index in [0.717, 1.165) is 24.0 Å². The van der Waals surface area contributed by atoms with Gasteiger partial charge in [-0.1, -0.05) is 60.8 Å². The van der Waals surface area contributed by atoms with E-state index in [1.165, 1.54) is 29.7 Å². The number of fused-ring (bicyclic) bond motifs is 4. The Bertz CT molecular complexity index is 1730. The van der Waals surface area contributed by atoms with Crippen LogP contribution in [-0.2, 0) is 9.59 Å². The van der Waals surface area contributed by atoms with Gasteiger partial charge in [-0.15, -0.1) is 5.53 Å². The Morgan fingerprint density at radius 2 is 1.84 bits per heavy atom. The molecule has 3 aromatic rings. The van der Waals surface area contributed by atoms with Crippen molar-refractivity contribution in [2.24, 2.45) is 5.92 Å². The van der Waals surface area contributed by atoms with Crippen LogP contribution < -0.4 is 26.8 Å². The van der Waals surface area contributed by atoms with E-state index in [0.29, 0.717) is 36.7 Å². The van der Waals surface area contributed by atoms with E-state index in [-0.39, 0.29) is 51.7 Å². The van der Waals surface area contributed by atoms with Gasteiger partial charge in [-0.3, -0.25) is 29.4 Å². The minimum absolute atomic E-state index is 0.0370. The average Bonchev–Trinajstić information content (AvgIpc) is 3.46. The number of hydrogen-bond donors (Lipinski definition) is 3. The van der Waals surface area contributed by atoms with E-state index in [1.807, 2.05) is 36.1 Å². The van der Waals surface area contributed by atoms with Crippen molar-refractivity contribution in [2.45, 2.75) is 64.1 Å². The summed E-state index contributed by atoms with van der Waals surface area (Å²) < 4.78 is 17.1. The number of nitrogens with one attached hydrogen (secondary N) is 3. The molecule has 2 unspecified atom stereocenters. The Labute approximate surface area is 270 Å². The van der Waals surface area contributed by atoms with Gasteiger partial charge in [-0.2, -0.15) is 0 Å². The zero-order valence-corrected chi connectivity index (χ0v) is 26.4. The van der Waals surface area contributed by atoms with Crippen LogP contribution in [-0.4, -0.2) is 38.9 Å². The van der Waals surface area contributed by atoms with Gasteiger partial charge >= 0.3 is 0 Å². The van der Waals surface area contributed by atoms with Crippen LogP contribution in [0.5, 0.6) is 0 Å². The molecular weight excluding hydrogens is 620 g/mol. The predicted molar refractivity (Wildman–Crippen MR) is 170 cm³/mol. The van der Waals surface area contributed by atoms with Crippen molar-refractivity contribution < 1.29 is 14.0 Å². The van der Waals surface area contributed by atoms with Gasteiger partial charge in [0.25, 0.3) is 5.56 Å². The molecule has 13 heteroatoms. The molecule has 1 aromatic heterocycles. The third-order valence-electron chi connectivity index (χ3n) is 8.86. The molecule has 10 nitrogen and oxygen atoms in total. The largest absolute Gasteiger partial charge is 0.351 e. The summed E-state index contributed by atoms with van der Waals surface area (Å²) in [6, 6.07) is 11.3. The van der Waals surface area contributed by atoms with Gasteiger partial charge in [0.05, 0.1) is 52.6 Å². The quantitative estimate of drug-likeness (QED) is 0.335. The van der Waals surface area contributed by atoms with E-state index >= 15 is 4.39 Å². The normalized spacial score (nSPS) is 23.7. The SMILES string of the molecule is CC(=O)N1CCCC2NC(=O)[C@H](C)CCC[C@H](n3cnc(-c4c(N5C=C(Cl)NN5)ccc(Cl)c4F)cc3=O)c3cccc(c3)C21. The number of carbonyl (C=O) groups is 2. The molecule has 3 aliphatic heterocycles. The second-order valence-corrected chi connectivity index (χ2v) is 12.6. The number of piperidine rings is 1. The van der Waals surface area contributed by atoms with Crippen LogP contribution in [0.3, 0.4) is 0 Å². The molecule has 4 heterocycles. The molecular formula is C32H34Cl2FN7O3. The Hall–Kier alpha value is -3.93. The Morgan fingerprint density at radius 1 is 1.04 bits per heavy atom. The van der Waals surface area contributed by atoms with Crippen molar-refractivity contribution in [1.82, 2.24) is 30.7 Å². The molecule has 236 valence electrons. The first-order valence-electron chi connectivity index (χ1n) is 15.0. The molecule has 2 amide bonds. The smallest absolute Gasteiger partial charge is 0.254 e. The first-order chi connectivity index (χ1) is 21.6. The van der Waals surface area contributed by atoms with E-state index in [4.69, 9.17) is 23.2 Å². The summed E-state index contributed by atoms with van der Waals surface area (Å²) in [5.41, 5.74) is 7.45. The zero-order chi connectivity index (χ0) is 31.8. The molecule has 4 atom stereocenters. The minimum Gasteiger partial charge on any atom is -0.351 e. The number of amides is 2. The van der Waals surface area contributed by atoms with E-state index in [1.54, 1.807) is 17.6 Å². The predicted octanol–water partition coefficient (Wildman–Crippen LogP) is 5.15. The molecule has 3 N–H and O–H groups in total. The number of rotatable bonds is 3. The van der Waals surface area contributed by atoms with Gasteiger partial charge < -0.3 is 10.2 Å². The van der Waals surface area contributed by atoms with E-state index in [9.17, 15) is 14.4 Å². The fourth-order valence-electron chi connectivity index (χ4n) is 6.59. The molecule has 6 rings (SSSR count). The number of carbonyl (C=O) groups excluding carboxylic acids is 2. The first kappa shape index (κ1) is 31.1. The second-order valence-electron chi connectivity index (χ2n) is 11.8. The van der Waals surface area contributed by atoms with Crippen LogP contribution in [0, 0.1) is 11.7 Å². The summed E-state index contributed by atoms with van der Waals surface area (Å²) in [6.07, 6.45) is 6.39. The van der Waals surface area contributed by atoms with Crippen LogP contribution >= 0.6 is 23.2 Å². The molecule has 2 aromatic carbocycles. The molecule has 2 bridgehead atoms. The molecule has 1 fully saturated rings.